The number of aromatic nitrogens is 1. The van der Waals surface area contributed by atoms with Crippen LogP contribution in [0.5, 0.6) is 0 Å². The average Bonchev–Trinajstić information content (AvgIpc) is 3.10. The summed E-state index contributed by atoms with van der Waals surface area (Å²) in [5.74, 6) is 0. The lowest BCUT2D eigenvalue weighted by molar-refractivity contribution is 0.470. The second-order valence-electron chi connectivity index (χ2n) is 4.88. The second-order valence-corrected chi connectivity index (χ2v) is 7.95. The van der Waals surface area contributed by atoms with Gasteiger partial charge in [-0.3, -0.25) is 0 Å². The summed E-state index contributed by atoms with van der Waals surface area (Å²) in [6, 6.07) is 5.56. The fourth-order valence-electron chi connectivity index (χ4n) is 1.96. The third-order valence-electron chi connectivity index (χ3n) is 3.13. The summed E-state index contributed by atoms with van der Waals surface area (Å²) in [5.41, 5.74) is 0.881. The van der Waals surface area contributed by atoms with Gasteiger partial charge in [-0.2, -0.15) is 4.31 Å². The number of nitrogens with zero attached hydrogens (tertiary/aromatic N) is 1. The molecular formula is C14H21N3O2S2. The van der Waals surface area contributed by atoms with Crippen molar-refractivity contribution in [3.8, 4) is 0 Å². The predicted octanol–water partition coefficient (Wildman–Crippen LogP) is 2.40. The highest BCUT2D eigenvalue weighted by atomic mass is 32.2. The number of hydrogen-bond acceptors (Lipinski definition) is 4. The highest BCUT2D eigenvalue weighted by Gasteiger charge is 2.22. The third-order valence-corrected chi connectivity index (χ3v) is 5.77. The van der Waals surface area contributed by atoms with Crippen LogP contribution in [0.1, 0.15) is 23.9 Å². The van der Waals surface area contributed by atoms with E-state index in [9.17, 15) is 8.42 Å². The molecule has 7 heteroatoms. The maximum absolute atomic E-state index is 12.5. The number of nitrogens with one attached hydrogen (secondary N) is 2. The lowest BCUT2D eigenvalue weighted by atomic mass is 10.4. The molecule has 21 heavy (non-hydrogen) atoms. The largest absolute Gasteiger partial charge is 0.363 e. The van der Waals surface area contributed by atoms with Crippen LogP contribution in [0, 0.1) is 0 Å². The minimum Gasteiger partial charge on any atom is -0.363 e. The molecule has 2 aromatic rings. The van der Waals surface area contributed by atoms with Gasteiger partial charge in [-0.05, 0) is 30.5 Å². The Bertz CT molecular complexity index is 648. The molecule has 0 amide bonds. The SMILES string of the molecule is CCCNCc1cc(S(=O)(=O)N(C)Cc2cccs2)c[nH]1. The number of sulfonamides is 1. The van der Waals surface area contributed by atoms with Crippen LogP contribution in [-0.4, -0.2) is 31.3 Å². The molecule has 0 bridgehead atoms. The molecule has 0 unspecified atom stereocenters. The van der Waals surface area contributed by atoms with E-state index in [2.05, 4.69) is 17.2 Å². The zero-order valence-electron chi connectivity index (χ0n) is 12.3. The van der Waals surface area contributed by atoms with Gasteiger partial charge in [-0.15, -0.1) is 11.3 Å². The van der Waals surface area contributed by atoms with Crippen LogP contribution in [0.15, 0.2) is 34.7 Å². The normalized spacial score (nSPS) is 12.1. The predicted molar refractivity (Wildman–Crippen MR) is 85.8 cm³/mol. The van der Waals surface area contributed by atoms with Gasteiger partial charge in [-0.25, -0.2) is 8.42 Å². The number of rotatable bonds is 8. The quantitative estimate of drug-likeness (QED) is 0.732. The molecule has 0 saturated heterocycles. The van der Waals surface area contributed by atoms with Crippen LogP contribution in [0.3, 0.4) is 0 Å². The Morgan fingerprint density at radius 1 is 1.43 bits per heavy atom. The Morgan fingerprint density at radius 2 is 2.24 bits per heavy atom. The van der Waals surface area contributed by atoms with E-state index < -0.39 is 10.0 Å². The Balaban J connectivity index is 2.04. The first-order chi connectivity index (χ1) is 10.0. The molecule has 5 nitrogen and oxygen atoms in total. The molecular weight excluding hydrogens is 306 g/mol. The summed E-state index contributed by atoms with van der Waals surface area (Å²) in [4.78, 5) is 4.36. The first kappa shape index (κ1) is 16.2. The molecule has 0 aliphatic heterocycles. The van der Waals surface area contributed by atoms with Crippen molar-refractivity contribution in [1.82, 2.24) is 14.6 Å². The molecule has 0 aliphatic carbocycles. The van der Waals surface area contributed by atoms with E-state index in [0.717, 1.165) is 23.5 Å². The van der Waals surface area contributed by atoms with E-state index in [1.165, 1.54) is 4.31 Å². The Kier molecular flexibility index (Phi) is 5.58. The van der Waals surface area contributed by atoms with Crippen molar-refractivity contribution in [3.63, 3.8) is 0 Å². The molecule has 0 atom stereocenters. The van der Waals surface area contributed by atoms with Gasteiger partial charge >= 0.3 is 0 Å². The average molecular weight is 327 g/mol. The van der Waals surface area contributed by atoms with Crippen LogP contribution >= 0.6 is 11.3 Å². The first-order valence-corrected chi connectivity index (χ1v) is 9.22. The molecule has 0 spiro atoms. The molecule has 2 N–H and O–H groups in total. The van der Waals surface area contributed by atoms with E-state index >= 15 is 0 Å². The highest BCUT2D eigenvalue weighted by Crippen LogP contribution is 2.19. The van der Waals surface area contributed by atoms with Gasteiger partial charge in [0.25, 0.3) is 0 Å². The molecule has 0 saturated carbocycles. The van der Waals surface area contributed by atoms with Crippen LogP contribution in [0.25, 0.3) is 0 Å². The fourth-order valence-corrected chi connectivity index (χ4v) is 3.96. The molecule has 116 valence electrons. The van der Waals surface area contributed by atoms with Gasteiger partial charge in [0.2, 0.25) is 10.0 Å². The molecule has 0 fully saturated rings. The second kappa shape index (κ2) is 7.22. The van der Waals surface area contributed by atoms with Crippen LogP contribution < -0.4 is 5.32 Å². The number of hydrogen-bond donors (Lipinski definition) is 2. The fraction of sp³-hybridized carbons (Fsp3) is 0.429. The lowest BCUT2D eigenvalue weighted by Crippen LogP contribution is -2.25. The Hall–Kier alpha value is -1.15. The summed E-state index contributed by atoms with van der Waals surface area (Å²) in [6.07, 6.45) is 2.61. The Morgan fingerprint density at radius 3 is 2.90 bits per heavy atom. The monoisotopic (exact) mass is 327 g/mol. The molecule has 0 radical (unpaired) electrons. The summed E-state index contributed by atoms with van der Waals surface area (Å²) in [7, 11) is -1.84. The number of aromatic amines is 1. The van der Waals surface area contributed by atoms with E-state index in [0.29, 0.717) is 18.0 Å². The van der Waals surface area contributed by atoms with E-state index in [-0.39, 0.29) is 0 Å². The van der Waals surface area contributed by atoms with E-state index in [1.807, 2.05) is 17.5 Å². The molecule has 2 rings (SSSR count). The van der Waals surface area contributed by atoms with Crippen molar-refractivity contribution in [2.24, 2.45) is 0 Å². The summed E-state index contributed by atoms with van der Waals surface area (Å²) in [5, 5.41) is 5.19. The molecule has 2 aromatic heterocycles. The number of thiophene rings is 1. The maximum Gasteiger partial charge on any atom is 0.244 e. The van der Waals surface area contributed by atoms with Crippen molar-refractivity contribution in [2.45, 2.75) is 31.3 Å². The minimum absolute atomic E-state index is 0.315. The smallest absolute Gasteiger partial charge is 0.244 e. The highest BCUT2D eigenvalue weighted by molar-refractivity contribution is 7.89. The lowest BCUT2D eigenvalue weighted by Gasteiger charge is -2.15. The van der Waals surface area contributed by atoms with Crippen LogP contribution in [-0.2, 0) is 23.1 Å². The van der Waals surface area contributed by atoms with Crippen LogP contribution in [0.2, 0.25) is 0 Å². The number of H-pyrrole nitrogens is 1. The van der Waals surface area contributed by atoms with Crippen molar-refractivity contribution in [1.29, 1.82) is 0 Å². The van der Waals surface area contributed by atoms with Crippen molar-refractivity contribution >= 4 is 21.4 Å². The molecule has 0 aliphatic rings. The minimum atomic E-state index is -3.44. The van der Waals surface area contributed by atoms with Gasteiger partial charge in [0.1, 0.15) is 0 Å². The van der Waals surface area contributed by atoms with Gasteiger partial charge in [0, 0.05) is 36.9 Å². The summed E-state index contributed by atoms with van der Waals surface area (Å²) in [6.45, 7) is 4.06. The Labute approximate surface area is 130 Å². The molecule has 2 heterocycles. The van der Waals surface area contributed by atoms with Gasteiger partial charge in [-0.1, -0.05) is 13.0 Å². The van der Waals surface area contributed by atoms with Gasteiger partial charge < -0.3 is 10.3 Å². The standard InChI is InChI=1S/C14H21N3O2S2/c1-3-6-15-9-12-8-14(10-16-12)21(18,19)17(2)11-13-5-4-7-20-13/h4-5,7-8,10,15-16H,3,6,9,11H2,1-2H3. The summed E-state index contributed by atoms with van der Waals surface area (Å²) < 4.78 is 26.4. The van der Waals surface area contributed by atoms with E-state index in [4.69, 9.17) is 0 Å². The van der Waals surface area contributed by atoms with Gasteiger partial charge in [0.15, 0.2) is 0 Å². The zero-order chi connectivity index (χ0) is 15.3. The zero-order valence-corrected chi connectivity index (χ0v) is 13.9. The third kappa shape index (κ3) is 4.16. The van der Waals surface area contributed by atoms with Crippen molar-refractivity contribution in [3.05, 3.63) is 40.3 Å². The maximum atomic E-state index is 12.5. The first-order valence-electron chi connectivity index (χ1n) is 6.90. The van der Waals surface area contributed by atoms with Crippen molar-refractivity contribution in [2.75, 3.05) is 13.6 Å². The van der Waals surface area contributed by atoms with Crippen LogP contribution in [0.4, 0.5) is 0 Å². The van der Waals surface area contributed by atoms with E-state index in [1.54, 1.807) is 30.6 Å². The van der Waals surface area contributed by atoms with Gasteiger partial charge in [0.05, 0.1) is 4.90 Å². The summed E-state index contributed by atoms with van der Waals surface area (Å²) >= 11 is 1.56. The topological polar surface area (TPSA) is 65.2 Å². The molecule has 0 aromatic carbocycles. The van der Waals surface area contributed by atoms with Crippen molar-refractivity contribution < 1.29 is 8.42 Å².